The number of carbonyl (C=O) groups is 3. The predicted octanol–water partition coefficient (Wildman–Crippen LogP) is -1.02. The summed E-state index contributed by atoms with van der Waals surface area (Å²) in [7, 11) is -0.781. The normalized spacial score (nSPS) is 14.1. The molecule has 3 amide bonds. The van der Waals surface area contributed by atoms with Gasteiger partial charge >= 0.3 is 11.8 Å². The number of hydrazine groups is 1. The molecule has 0 aromatic heterocycles. The van der Waals surface area contributed by atoms with Gasteiger partial charge in [-0.1, -0.05) is 0 Å². The summed E-state index contributed by atoms with van der Waals surface area (Å²) >= 11 is 0. The zero-order valence-corrected chi connectivity index (χ0v) is 14.0. The number of sulfonamides is 1. The van der Waals surface area contributed by atoms with Crippen LogP contribution < -0.4 is 16.2 Å². The van der Waals surface area contributed by atoms with Crippen LogP contribution in [0.4, 0.5) is 0 Å². The molecule has 1 aromatic carbocycles. The van der Waals surface area contributed by atoms with E-state index in [9.17, 15) is 22.8 Å². The lowest BCUT2D eigenvalue weighted by molar-refractivity contribution is -0.139. The van der Waals surface area contributed by atoms with Crippen molar-refractivity contribution in [1.82, 2.24) is 20.5 Å². The van der Waals surface area contributed by atoms with E-state index in [-0.39, 0.29) is 16.5 Å². The van der Waals surface area contributed by atoms with E-state index in [1.54, 1.807) is 0 Å². The maximum atomic E-state index is 11.9. The second-order valence-electron chi connectivity index (χ2n) is 5.47. The third kappa shape index (κ3) is 4.30. The summed E-state index contributed by atoms with van der Waals surface area (Å²) in [6.45, 7) is 0. The Kier molecular flexibility index (Phi) is 5.20. The summed E-state index contributed by atoms with van der Waals surface area (Å²) in [5, 5.41) is 2.48. The Bertz CT molecular complexity index is 754. The van der Waals surface area contributed by atoms with E-state index in [2.05, 4.69) is 10.7 Å². The molecule has 0 unspecified atom stereocenters. The monoisotopic (exact) mass is 354 g/mol. The molecule has 2 rings (SSSR count). The highest BCUT2D eigenvalue weighted by Crippen LogP contribution is 2.18. The molecule has 0 heterocycles. The first-order valence-electron chi connectivity index (χ1n) is 7.15. The second-order valence-corrected chi connectivity index (χ2v) is 7.62. The molecule has 1 fully saturated rings. The van der Waals surface area contributed by atoms with Gasteiger partial charge in [0.15, 0.2) is 0 Å². The largest absolute Gasteiger partial charge is 0.345 e. The minimum Gasteiger partial charge on any atom is -0.345 e. The van der Waals surface area contributed by atoms with Crippen LogP contribution in [0.25, 0.3) is 0 Å². The summed E-state index contributed by atoms with van der Waals surface area (Å²) in [6.07, 6.45) is 1.68. The van der Waals surface area contributed by atoms with E-state index < -0.39 is 27.7 Å². The molecule has 0 radical (unpaired) electrons. The average Bonchev–Trinajstić information content (AvgIpc) is 3.36. The maximum absolute atomic E-state index is 11.9. The Balaban J connectivity index is 1.92. The van der Waals surface area contributed by atoms with Crippen molar-refractivity contribution in [3.8, 4) is 0 Å². The topological polar surface area (TPSA) is 125 Å². The average molecular weight is 354 g/mol. The quantitative estimate of drug-likeness (QED) is 0.471. The third-order valence-electron chi connectivity index (χ3n) is 3.30. The molecule has 0 bridgehead atoms. The third-order valence-corrected chi connectivity index (χ3v) is 5.13. The van der Waals surface area contributed by atoms with Crippen LogP contribution in [0.5, 0.6) is 0 Å². The molecule has 9 nitrogen and oxygen atoms in total. The molecule has 1 aromatic rings. The molecule has 0 saturated heterocycles. The van der Waals surface area contributed by atoms with Crippen LogP contribution in [0.2, 0.25) is 0 Å². The van der Waals surface area contributed by atoms with Crippen molar-refractivity contribution in [2.75, 3.05) is 14.1 Å². The number of nitrogens with one attached hydrogen (secondary N) is 3. The van der Waals surface area contributed by atoms with Gasteiger partial charge in [-0.3, -0.25) is 25.2 Å². The van der Waals surface area contributed by atoms with E-state index in [1.807, 2.05) is 5.43 Å². The number of benzene rings is 1. The van der Waals surface area contributed by atoms with Gasteiger partial charge in [0.25, 0.3) is 5.91 Å². The summed E-state index contributed by atoms with van der Waals surface area (Å²) in [5.74, 6) is -2.45. The molecule has 0 atom stereocenters. The highest BCUT2D eigenvalue weighted by atomic mass is 32.2. The van der Waals surface area contributed by atoms with Gasteiger partial charge in [-0.2, -0.15) is 0 Å². The number of amides is 3. The SMILES string of the molecule is CN(C)S(=O)(=O)c1ccc(C(=O)NNC(=O)C(=O)NC2CC2)cc1. The van der Waals surface area contributed by atoms with Gasteiger partial charge < -0.3 is 5.32 Å². The van der Waals surface area contributed by atoms with Gasteiger partial charge in [0, 0.05) is 25.7 Å². The Labute approximate surface area is 139 Å². The van der Waals surface area contributed by atoms with E-state index in [0.29, 0.717) is 0 Å². The van der Waals surface area contributed by atoms with E-state index in [0.717, 1.165) is 17.1 Å². The van der Waals surface area contributed by atoms with Crippen LogP contribution in [-0.4, -0.2) is 50.6 Å². The van der Waals surface area contributed by atoms with Crippen molar-refractivity contribution >= 4 is 27.7 Å². The lowest BCUT2D eigenvalue weighted by atomic mass is 10.2. The van der Waals surface area contributed by atoms with Crippen molar-refractivity contribution in [3.05, 3.63) is 29.8 Å². The number of carbonyl (C=O) groups excluding carboxylic acids is 3. The fourth-order valence-electron chi connectivity index (χ4n) is 1.71. The number of nitrogens with zero attached hydrogens (tertiary/aromatic N) is 1. The zero-order chi connectivity index (χ0) is 17.9. The maximum Gasteiger partial charge on any atom is 0.327 e. The predicted molar refractivity (Wildman–Crippen MR) is 84.1 cm³/mol. The van der Waals surface area contributed by atoms with Gasteiger partial charge in [-0.15, -0.1) is 0 Å². The molecule has 1 aliphatic carbocycles. The van der Waals surface area contributed by atoms with Gasteiger partial charge in [0.1, 0.15) is 0 Å². The van der Waals surface area contributed by atoms with Crippen molar-refractivity contribution in [2.24, 2.45) is 0 Å². The molecule has 3 N–H and O–H groups in total. The number of hydrogen-bond donors (Lipinski definition) is 3. The molecular weight excluding hydrogens is 336 g/mol. The summed E-state index contributed by atoms with van der Waals surface area (Å²) in [4.78, 5) is 34.8. The molecular formula is C14H18N4O5S. The lowest BCUT2D eigenvalue weighted by Crippen LogP contribution is -2.48. The molecule has 1 aliphatic rings. The first kappa shape index (κ1) is 17.9. The Hall–Kier alpha value is -2.46. The molecule has 0 aliphatic heterocycles. The van der Waals surface area contributed by atoms with E-state index >= 15 is 0 Å². The minimum atomic E-state index is -3.58. The summed E-state index contributed by atoms with van der Waals surface area (Å²) in [6, 6.07) is 5.22. The fraction of sp³-hybridized carbons (Fsp3) is 0.357. The highest BCUT2D eigenvalue weighted by Gasteiger charge is 2.26. The van der Waals surface area contributed by atoms with Crippen LogP contribution in [-0.2, 0) is 19.6 Å². The molecule has 130 valence electrons. The van der Waals surface area contributed by atoms with E-state index in [1.165, 1.54) is 38.4 Å². The van der Waals surface area contributed by atoms with Crippen LogP contribution in [0.15, 0.2) is 29.2 Å². The summed E-state index contributed by atoms with van der Waals surface area (Å²) < 4.78 is 24.9. The van der Waals surface area contributed by atoms with Gasteiger partial charge in [-0.05, 0) is 37.1 Å². The van der Waals surface area contributed by atoms with Crippen LogP contribution in [0, 0.1) is 0 Å². The second kappa shape index (κ2) is 6.97. The van der Waals surface area contributed by atoms with Gasteiger partial charge in [0.2, 0.25) is 10.0 Å². The number of rotatable bonds is 4. The standard InChI is InChI=1S/C14H18N4O5S/c1-18(2)24(22,23)11-7-3-9(4-8-11)12(19)16-17-14(21)13(20)15-10-5-6-10/h3-4,7-8,10H,5-6H2,1-2H3,(H,15,20)(H,16,19)(H,17,21). The first-order chi connectivity index (χ1) is 11.2. The Morgan fingerprint density at radius 2 is 1.58 bits per heavy atom. The van der Waals surface area contributed by atoms with Crippen molar-refractivity contribution in [1.29, 1.82) is 0 Å². The zero-order valence-electron chi connectivity index (χ0n) is 13.2. The van der Waals surface area contributed by atoms with Crippen LogP contribution >= 0.6 is 0 Å². The molecule has 24 heavy (non-hydrogen) atoms. The van der Waals surface area contributed by atoms with Gasteiger partial charge in [0.05, 0.1) is 4.90 Å². The summed E-state index contributed by atoms with van der Waals surface area (Å²) in [5.41, 5.74) is 4.23. The Morgan fingerprint density at radius 3 is 2.08 bits per heavy atom. The minimum absolute atomic E-state index is 0.0325. The molecule has 1 saturated carbocycles. The van der Waals surface area contributed by atoms with Crippen molar-refractivity contribution in [2.45, 2.75) is 23.8 Å². The van der Waals surface area contributed by atoms with Crippen LogP contribution in [0.1, 0.15) is 23.2 Å². The lowest BCUT2D eigenvalue weighted by Gasteiger charge is -2.12. The van der Waals surface area contributed by atoms with Crippen molar-refractivity contribution in [3.63, 3.8) is 0 Å². The first-order valence-corrected chi connectivity index (χ1v) is 8.59. The van der Waals surface area contributed by atoms with Gasteiger partial charge in [-0.25, -0.2) is 12.7 Å². The fourth-order valence-corrected chi connectivity index (χ4v) is 2.61. The molecule has 0 spiro atoms. The number of hydrogen-bond acceptors (Lipinski definition) is 5. The smallest absolute Gasteiger partial charge is 0.327 e. The van der Waals surface area contributed by atoms with Crippen molar-refractivity contribution < 1.29 is 22.8 Å². The Morgan fingerprint density at radius 1 is 1.00 bits per heavy atom. The molecule has 10 heteroatoms. The van der Waals surface area contributed by atoms with Crippen LogP contribution in [0.3, 0.4) is 0 Å². The van der Waals surface area contributed by atoms with E-state index in [4.69, 9.17) is 0 Å². The highest BCUT2D eigenvalue weighted by molar-refractivity contribution is 7.89.